The average Bonchev–Trinajstić information content (AvgIpc) is 2.91. The zero-order valence-electron chi connectivity index (χ0n) is 12.1. The van der Waals surface area contributed by atoms with E-state index in [4.69, 9.17) is 0 Å². The predicted octanol–water partition coefficient (Wildman–Crippen LogP) is 1.19. The Morgan fingerprint density at radius 3 is 2.76 bits per heavy atom. The van der Waals surface area contributed by atoms with Crippen LogP contribution < -0.4 is 5.32 Å². The highest BCUT2D eigenvalue weighted by Crippen LogP contribution is 2.30. The van der Waals surface area contributed by atoms with Gasteiger partial charge in [-0.3, -0.25) is 9.59 Å². The van der Waals surface area contributed by atoms with E-state index >= 15 is 0 Å². The number of rotatable bonds is 2. The summed E-state index contributed by atoms with van der Waals surface area (Å²) in [5.74, 6) is -1.45. The van der Waals surface area contributed by atoms with Gasteiger partial charge in [0.25, 0.3) is 0 Å². The zero-order valence-corrected chi connectivity index (χ0v) is 12.1. The number of carboxylic acids is 1. The summed E-state index contributed by atoms with van der Waals surface area (Å²) in [6.45, 7) is 3.66. The van der Waals surface area contributed by atoms with E-state index in [1.165, 1.54) is 0 Å². The summed E-state index contributed by atoms with van der Waals surface area (Å²) in [7, 11) is 0. The largest absolute Gasteiger partial charge is 0.481 e. The molecule has 21 heavy (non-hydrogen) atoms. The van der Waals surface area contributed by atoms with Gasteiger partial charge in [0, 0.05) is 19.1 Å². The van der Waals surface area contributed by atoms with Crippen molar-refractivity contribution in [3.63, 3.8) is 0 Å². The first-order valence-corrected chi connectivity index (χ1v) is 7.40. The molecule has 1 aromatic carbocycles. The van der Waals surface area contributed by atoms with Crippen LogP contribution in [0.15, 0.2) is 24.3 Å². The zero-order chi connectivity index (χ0) is 15.0. The molecule has 3 rings (SSSR count). The molecule has 1 saturated heterocycles. The van der Waals surface area contributed by atoms with Gasteiger partial charge in [0.1, 0.15) is 0 Å². The number of carbonyl (C=O) groups is 2. The topological polar surface area (TPSA) is 69.6 Å². The molecule has 0 saturated carbocycles. The Morgan fingerprint density at radius 2 is 2.10 bits per heavy atom. The van der Waals surface area contributed by atoms with Crippen molar-refractivity contribution in [2.75, 3.05) is 13.1 Å². The Labute approximate surface area is 123 Å². The van der Waals surface area contributed by atoms with E-state index in [-0.39, 0.29) is 24.4 Å². The van der Waals surface area contributed by atoms with Gasteiger partial charge in [0.05, 0.1) is 11.8 Å². The number of nitrogens with one attached hydrogen (secondary N) is 1. The lowest BCUT2D eigenvalue weighted by atomic mass is 9.88. The van der Waals surface area contributed by atoms with Gasteiger partial charge in [-0.25, -0.2) is 0 Å². The van der Waals surface area contributed by atoms with Crippen LogP contribution in [0.1, 0.15) is 30.4 Å². The van der Waals surface area contributed by atoms with Gasteiger partial charge in [0.2, 0.25) is 5.91 Å². The summed E-state index contributed by atoms with van der Waals surface area (Å²) in [6.07, 6.45) is 0.829. The standard InChI is InChI=1S/C16H20N2O3/c1-10-12(6-7-17-10)15(19)18-8-11-4-2-3-5-13(11)14(9-18)16(20)21/h2-5,10,12,14,17H,6-9H2,1H3,(H,20,21). The molecule has 1 amide bonds. The van der Waals surface area contributed by atoms with E-state index < -0.39 is 11.9 Å². The van der Waals surface area contributed by atoms with E-state index in [9.17, 15) is 14.7 Å². The molecule has 1 aromatic rings. The van der Waals surface area contributed by atoms with Crippen LogP contribution in [0.3, 0.4) is 0 Å². The van der Waals surface area contributed by atoms with E-state index in [1.807, 2.05) is 31.2 Å². The van der Waals surface area contributed by atoms with Crippen molar-refractivity contribution in [3.05, 3.63) is 35.4 Å². The molecule has 5 heteroatoms. The number of aliphatic carboxylic acids is 1. The van der Waals surface area contributed by atoms with Gasteiger partial charge in [-0.1, -0.05) is 24.3 Å². The van der Waals surface area contributed by atoms with E-state index in [1.54, 1.807) is 4.90 Å². The van der Waals surface area contributed by atoms with Gasteiger partial charge in [0.15, 0.2) is 0 Å². The monoisotopic (exact) mass is 288 g/mol. The second-order valence-corrected chi connectivity index (χ2v) is 5.95. The number of carboxylic acid groups (broad SMARTS) is 1. The maximum absolute atomic E-state index is 12.7. The second-order valence-electron chi connectivity index (χ2n) is 5.95. The maximum atomic E-state index is 12.7. The van der Waals surface area contributed by atoms with E-state index in [0.717, 1.165) is 24.1 Å². The maximum Gasteiger partial charge on any atom is 0.312 e. The highest BCUT2D eigenvalue weighted by molar-refractivity contribution is 5.83. The molecule has 5 nitrogen and oxygen atoms in total. The van der Waals surface area contributed by atoms with Gasteiger partial charge >= 0.3 is 5.97 Å². The fourth-order valence-corrected chi connectivity index (χ4v) is 3.42. The molecular formula is C16H20N2O3. The lowest BCUT2D eigenvalue weighted by Crippen LogP contribution is -2.45. The fourth-order valence-electron chi connectivity index (χ4n) is 3.42. The molecule has 2 N–H and O–H groups in total. The number of fused-ring (bicyclic) bond motifs is 1. The first-order valence-electron chi connectivity index (χ1n) is 7.40. The second kappa shape index (κ2) is 5.48. The summed E-state index contributed by atoms with van der Waals surface area (Å²) < 4.78 is 0. The first kappa shape index (κ1) is 14.1. The normalized spacial score (nSPS) is 28.2. The third-order valence-electron chi connectivity index (χ3n) is 4.65. The van der Waals surface area contributed by atoms with Crippen LogP contribution in [0.4, 0.5) is 0 Å². The molecule has 112 valence electrons. The number of amides is 1. The summed E-state index contributed by atoms with van der Waals surface area (Å²) in [6, 6.07) is 7.69. The van der Waals surface area contributed by atoms with Crippen LogP contribution >= 0.6 is 0 Å². The third-order valence-corrected chi connectivity index (χ3v) is 4.65. The molecule has 0 aromatic heterocycles. The molecule has 0 aliphatic carbocycles. The van der Waals surface area contributed by atoms with Crippen LogP contribution in [0, 0.1) is 5.92 Å². The van der Waals surface area contributed by atoms with Crippen molar-refractivity contribution < 1.29 is 14.7 Å². The van der Waals surface area contributed by atoms with Crippen molar-refractivity contribution in [1.82, 2.24) is 10.2 Å². The Balaban J connectivity index is 1.86. The van der Waals surface area contributed by atoms with Crippen molar-refractivity contribution >= 4 is 11.9 Å². The summed E-state index contributed by atoms with van der Waals surface area (Å²) in [5.41, 5.74) is 1.79. The third kappa shape index (κ3) is 2.53. The van der Waals surface area contributed by atoms with Crippen LogP contribution in [0.25, 0.3) is 0 Å². The minimum atomic E-state index is -0.863. The summed E-state index contributed by atoms with van der Waals surface area (Å²) >= 11 is 0. The van der Waals surface area contributed by atoms with Gasteiger partial charge in [-0.2, -0.15) is 0 Å². The molecule has 1 fully saturated rings. The minimum Gasteiger partial charge on any atom is -0.481 e. The molecule has 2 aliphatic heterocycles. The Bertz CT molecular complexity index is 572. The van der Waals surface area contributed by atoms with Crippen LogP contribution in [-0.4, -0.2) is 41.0 Å². The van der Waals surface area contributed by atoms with E-state index in [0.29, 0.717) is 6.54 Å². The lowest BCUT2D eigenvalue weighted by molar-refractivity contribution is -0.142. The van der Waals surface area contributed by atoms with Crippen LogP contribution in [0.2, 0.25) is 0 Å². The van der Waals surface area contributed by atoms with Crippen molar-refractivity contribution in [2.24, 2.45) is 5.92 Å². The first-order chi connectivity index (χ1) is 10.1. The number of hydrogen-bond acceptors (Lipinski definition) is 3. The molecule has 0 spiro atoms. The van der Waals surface area contributed by atoms with Gasteiger partial charge in [-0.05, 0) is 31.0 Å². The van der Waals surface area contributed by atoms with Gasteiger partial charge in [-0.15, -0.1) is 0 Å². The SMILES string of the molecule is CC1NCCC1C(=O)N1Cc2ccccc2C(C(=O)O)C1. The smallest absolute Gasteiger partial charge is 0.312 e. The summed E-state index contributed by atoms with van der Waals surface area (Å²) in [4.78, 5) is 25.9. The highest BCUT2D eigenvalue weighted by atomic mass is 16.4. The fraction of sp³-hybridized carbons (Fsp3) is 0.500. The molecule has 2 heterocycles. The molecule has 2 aliphatic rings. The molecule has 3 unspecified atom stereocenters. The van der Waals surface area contributed by atoms with Gasteiger partial charge < -0.3 is 15.3 Å². The number of hydrogen-bond donors (Lipinski definition) is 2. The molecular weight excluding hydrogens is 268 g/mol. The van der Waals surface area contributed by atoms with Crippen LogP contribution in [0.5, 0.6) is 0 Å². The molecule has 0 radical (unpaired) electrons. The number of carbonyl (C=O) groups excluding carboxylic acids is 1. The lowest BCUT2D eigenvalue weighted by Gasteiger charge is -2.35. The highest BCUT2D eigenvalue weighted by Gasteiger charge is 2.37. The van der Waals surface area contributed by atoms with E-state index in [2.05, 4.69) is 5.32 Å². The predicted molar refractivity (Wildman–Crippen MR) is 77.8 cm³/mol. The Hall–Kier alpha value is -1.88. The van der Waals surface area contributed by atoms with Crippen molar-refractivity contribution in [1.29, 1.82) is 0 Å². The molecule has 3 atom stereocenters. The van der Waals surface area contributed by atoms with Crippen LogP contribution in [-0.2, 0) is 16.1 Å². The Kier molecular flexibility index (Phi) is 3.68. The Morgan fingerprint density at radius 1 is 1.33 bits per heavy atom. The summed E-state index contributed by atoms with van der Waals surface area (Å²) in [5, 5.41) is 12.7. The molecule has 0 bridgehead atoms. The number of benzene rings is 1. The minimum absolute atomic E-state index is 0.0373. The van der Waals surface area contributed by atoms with Crippen molar-refractivity contribution in [2.45, 2.75) is 31.8 Å². The number of nitrogens with zero attached hydrogens (tertiary/aromatic N) is 1. The quantitative estimate of drug-likeness (QED) is 0.858. The van der Waals surface area contributed by atoms with Crippen molar-refractivity contribution in [3.8, 4) is 0 Å². The average molecular weight is 288 g/mol.